The first-order chi connectivity index (χ1) is 16.6. The van der Waals surface area contributed by atoms with Crippen LogP contribution in [0.4, 0.5) is 17.6 Å². The fourth-order valence-corrected chi connectivity index (χ4v) is 4.07. The summed E-state index contributed by atoms with van der Waals surface area (Å²) in [4.78, 5) is 4.44. The van der Waals surface area contributed by atoms with E-state index in [1.807, 2.05) is 31.2 Å². The number of nitrogens with zero attached hydrogens (tertiary/aromatic N) is 1. The Bertz CT molecular complexity index is 1230. The lowest BCUT2D eigenvalue weighted by molar-refractivity contribution is -0.137. The monoisotopic (exact) mass is 500 g/mol. The van der Waals surface area contributed by atoms with Crippen molar-refractivity contribution in [3.05, 3.63) is 137 Å². The Morgan fingerprint density at radius 3 is 2.40 bits per heavy atom. The van der Waals surface area contributed by atoms with Crippen LogP contribution in [0, 0.1) is 12.7 Å². The van der Waals surface area contributed by atoms with Crippen molar-refractivity contribution in [3.8, 4) is 0 Å². The first-order valence-electron chi connectivity index (χ1n) is 10.8. The number of nitrogens with one attached hydrogen (secondary N) is 1. The van der Waals surface area contributed by atoms with Gasteiger partial charge in [0.15, 0.2) is 0 Å². The molecule has 7 heteroatoms. The number of allylic oxidation sites excluding steroid dienone is 3. The average molecular weight is 501 g/mol. The number of hydrogen-bond acceptors (Lipinski definition) is 2. The first-order valence-corrected chi connectivity index (χ1v) is 11.2. The summed E-state index contributed by atoms with van der Waals surface area (Å²) in [6.07, 6.45) is 1.66. The summed E-state index contributed by atoms with van der Waals surface area (Å²) in [7, 11) is 0. The minimum Gasteiger partial charge on any atom is -0.298 e. The zero-order chi connectivity index (χ0) is 25.6. The fourth-order valence-electron chi connectivity index (χ4n) is 3.96. The summed E-state index contributed by atoms with van der Waals surface area (Å²) in [5.74, 6) is -1.00. The number of rotatable bonds is 9. The Kier molecular flexibility index (Phi) is 8.30. The third-order valence-electron chi connectivity index (χ3n) is 5.62. The number of alkyl halides is 3. The van der Waals surface area contributed by atoms with E-state index < -0.39 is 23.1 Å². The van der Waals surface area contributed by atoms with Gasteiger partial charge in [-0.3, -0.25) is 10.3 Å². The molecule has 182 valence electrons. The Morgan fingerprint density at radius 2 is 1.80 bits per heavy atom. The third-order valence-corrected chi connectivity index (χ3v) is 5.85. The summed E-state index contributed by atoms with van der Waals surface area (Å²) < 4.78 is 55.7. The minimum absolute atomic E-state index is 0.0733. The Morgan fingerprint density at radius 1 is 1.06 bits per heavy atom. The molecule has 0 amide bonds. The molecule has 3 rings (SSSR count). The molecule has 1 atom stereocenters. The molecule has 0 saturated carbocycles. The molecule has 0 aliphatic rings. The van der Waals surface area contributed by atoms with Crippen LogP contribution in [-0.4, -0.2) is 4.98 Å². The molecule has 0 spiro atoms. The summed E-state index contributed by atoms with van der Waals surface area (Å²) in [6.45, 7) is 9.77. The minimum atomic E-state index is -4.73. The molecule has 3 aromatic rings. The van der Waals surface area contributed by atoms with Crippen LogP contribution in [0.3, 0.4) is 0 Å². The van der Waals surface area contributed by atoms with E-state index >= 15 is 0 Å². The molecular weight excluding hydrogens is 476 g/mol. The number of halogens is 5. The van der Waals surface area contributed by atoms with Gasteiger partial charge in [0.1, 0.15) is 5.82 Å². The van der Waals surface area contributed by atoms with Crippen molar-refractivity contribution in [2.24, 2.45) is 0 Å². The molecule has 1 heterocycles. The fraction of sp³-hybridized carbons (Fsp3) is 0.179. The third kappa shape index (κ3) is 6.47. The summed E-state index contributed by atoms with van der Waals surface area (Å²) in [6, 6.07) is 13.5. The highest BCUT2D eigenvalue weighted by Crippen LogP contribution is 2.39. The van der Waals surface area contributed by atoms with E-state index in [-0.39, 0.29) is 18.5 Å². The molecule has 1 N–H and O–H groups in total. The number of aryl methyl sites for hydroxylation is 1. The topological polar surface area (TPSA) is 24.9 Å². The van der Waals surface area contributed by atoms with E-state index in [0.29, 0.717) is 22.4 Å². The van der Waals surface area contributed by atoms with Gasteiger partial charge in [-0.1, -0.05) is 72.8 Å². The van der Waals surface area contributed by atoms with E-state index in [2.05, 4.69) is 23.5 Å². The number of pyridine rings is 1. The van der Waals surface area contributed by atoms with Crippen molar-refractivity contribution in [1.82, 2.24) is 10.3 Å². The first kappa shape index (κ1) is 26.4. The molecule has 35 heavy (non-hydrogen) atoms. The van der Waals surface area contributed by atoms with Crippen LogP contribution in [0.2, 0.25) is 5.02 Å². The Balaban J connectivity index is 2.29. The highest BCUT2D eigenvalue weighted by molar-refractivity contribution is 6.30. The SMILES string of the molecule is C=C/C=C(\C=C)CC(NCc1cccc(C)c1)(c1cc(F)cc(C(F)(F)F)c1)c1ccc(Cl)cn1. The second kappa shape index (κ2) is 11.0. The van der Waals surface area contributed by atoms with Gasteiger partial charge in [0.25, 0.3) is 0 Å². The Labute approximate surface area is 207 Å². The quantitative estimate of drug-likeness (QED) is 0.238. The van der Waals surface area contributed by atoms with Gasteiger partial charge in [-0.05, 0) is 54.0 Å². The largest absolute Gasteiger partial charge is 0.416 e. The number of hydrogen-bond donors (Lipinski definition) is 1. The average Bonchev–Trinajstić information content (AvgIpc) is 2.81. The zero-order valence-electron chi connectivity index (χ0n) is 19.2. The van der Waals surface area contributed by atoms with E-state index in [1.165, 1.54) is 6.20 Å². The summed E-state index contributed by atoms with van der Waals surface area (Å²) in [5.41, 5.74) is 0.627. The second-order valence-corrected chi connectivity index (χ2v) is 8.63. The molecule has 2 aromatic carbocycles. The smallest absolute Gasteiger partial charge is 0.298 e. The summed E-state index contributed by atoms with van der Waals surface area (Å²) in [5, 5.41) is 3.76. The van der Waals surface area contributed by atoms with Crippen LogP contribution in [0.5, 0.6) is 0 Å². The van der Waals surface area contributed by atoms with Gasteiger partial charge in [0.2, 0.25) is 0 Å². The predicted molar refractivity (Wildman–Crippen MR) is 133 cm³/mol. The predicted octanol–water partition coefficient (Wildman–Crippen LogP) is 7.92. The van der Waals surface area contributed by atoms with E-state index in [1.54, 1.807) is 30.4 Å². The molecule has 0 aliphatic heterocycles. The van der Waals surface area contributed by atoms with E-state index in [0.717, 1.165) is 23.3 Å². The van der Waals surface area contributed by atoms with Gasteiger partial charge in [-0.15, -0.1) is 0 Å². The lowest BCUT2D eigenvalue weighted by Gasteiger charge is -2.36. The Hall–Kier alpha value is -3.22. The molecule has 0 fully saturated rings. The molecule has 1 unspecified atom stereocenters. The van der Waals surface area contributed by atoms with Crippen LogP contribution >= 0.6 is 11.6 Å². The molecule has 0 aliphatic carbocycles. The molecule has 0 saturated heterocycles. The lowest BCUT2D eigenvalue weighted by atomic mass is 9.79. The normalized spacial score (nSPS) is 13.8. The summed E-state index contributed by atoms with van der Waals surface area (Å²) >= 11 is 6.06. The standard InChI is InChI=1S/C28H25ClF4N2/c1-4-7-20(5-2)16-27(26-11-10-24(29)18-34-26,35-17-21-9-6-8-19(3)12-21)22-13-23(28(31,32)33)15-25(30)14-22/h4-15,18,35H,1-2,16-17H2,3H3/b20-7+. The van der Waals surface area contributed by atoms with Gasteiger partial charge < -0.3 is 0 Å². The van der Waals surface area contributed by atoms with Crippen molar-refractivity contribution in [3.63, 3.8) is 0 Å². The van der Waals surface area contributed by atoms with E-state index in [4.69, 9.17) is 11.6 Å². The molecule has 0 bridgehead atoms. The van der Waals surface area contributed by atoms with Gasteiger partial charge in [0.05, 0.1) is 21.8 Å². The van der Waals surface area contributed by atoms with Gasteiger partial charge in [0, 0.05) is 19.2 Å². The maximum absolute atomic E-state index is 14.6. The molecule has 1 aromatic heterocycles. The van der Waals surface area contributed by atoms with Crippen molar-refractivity contribution >= 4 is 11.6 Å². The van der Waals surface area contributed by atoms with Crippen LogP contribution in [0.1, 0.15) is 34.4 Å². The number of benzene rings is 2. The van der Waals surface area contributed by atoms with Gasteiger partial charge in [-0.25, -0.2) is 4.39 Å². The zero-order valence-corrected chi connectivity index (χ0v) is 19.9. The highest BCUT2D eigenvalue weighted by atomic mass is 35.5. The van der Waals surface area contributed by atoms with Crippen molar-refractivity contribution in [1.29, 1.82) is 0 Å². The lowest BCUT2D eigenvalue weighted by Crippen LogP contribution is -2.44. The van der Waals surface area contributed by atoms with Gasteiger partial charge in [-0.2, -0.15) is 13.2 Å². The van der Waals surface area contributed by atoms with Crippen molar-refractivity contribution in [2.45, 2.75) is 31.6 Å². The number of aromatic nitrogens is 1. The van der Waals surface area contributed by atoms with Crippen LogP contribution < -0.4 is 5.32 Å². The van der Waals surface area contributed by atoms with Crippen LogP contribution in [0.15, 0.2) is 97.8 Å². The second-order valence-electron chi connectivity index (χ2n) is 8.19. The maximum Gasteiger partial charge on any atom is 0.416 e. The molecule has 2 nitrogen and oxygen atoms in total. The molecular formula is C28H25ClF4N2. The molecule has 0 radical (unpaired) electrons. The van der Waals surface area contributed by atoms with E-state index in [9.17, 15) is 17.6 Å². The van der Waals surface area contributed by atoms with Gasteiger partial charge >= 0.3 is 6.18 Å². The van der Waals surface area contributed by atoms with Crippen LogP contribution in [-0.2, 0) is 18.3 Å². The van der Waals surface area contributed by atoms with Crippen molar-refractivity contribution < 1.29 is 17.6 Å². The van der Waals surface area contributed by atoms with Crippen LogP contribution in [0.25, 0.3) is 0 Å². The maximum atomic E-state index is 14.6. The highest BCUT2D eigenvalue weighted by Gasteiger charge is 2.39. The van der Waals surface area contributed by atoms with Crippen molar-refractivity contribution in [2.75, 3.05) is 0 Å².